The average molecular weight is 389 g/mol. The number of benzene rings is 1. The molecule has 8 heteroatoms. The third-order valence-corrected chi connectivity index (χ3v) is 5.62. The molecule has 1 aromatic heterocycles. The van der Waals surface area contributed by atoms with Crippen molar-refractivity contribution in [3.63, 3.8) is 0 Å². The van der Waals surface area contributed by atoms with Gasteiger partial charge in [-0.3, -0.25) is 4.79 Å². The minimum Gasteiger partial charge on any atom is -0.469 e. The van der Waals surface area contributed by atoms with Crippen molar-refractivity contribution < 1.29 is 17.6 Å². The number of para-hydroxylation sites is 1. The number of furan rings is 1. The number of amides is 1. The average Bonchev–Trinajstić information content (AvgIpc) is 3.11. The molecule has 0 saturated heterocycles. The zero-order chi connectivity index (χ0) is 19.3. The van der Waals surface area contributed by atoms with Gasteiger partial charge >= 0.3 is 0 Å². The second-order valence-electron chi connectivity index (χ2n) is 6.68. The fraction of sp³-hybridized carbons (Fsp3) is 0.368. The Hall–Kier alpha value is -2.61. The number of carbonyl (C=O) groups is 1. The fourth-order valence-electron chi connectivity index (χ4n) is 2.99. The lowest BCUT2D eigenvalue weighted by Gasteiger charge is -2.20. The highest BCUT2D eigenvalue weighted by Gasteiger charge is 2.25. The third kappa shape index (κ3) is 5.19. The van der Waals surface area contributed by atoms with Crippen molar-refractivity contribution in [3.8, 4) is 0 Å². The summed E-state index contributed by atoms with van der Waals surface area (Å²) < 4.78 is 33.6. The number of aryl methyl sites for hydroxylation is 1. The summed E-state index contributed by atoms with van der Waals surface area (Å²) in [6.07, 6.45) is 3.91. The van der Waals surface area contributed by atoms with Gasteiger partial charge in [0.2, 0.25) is 5.91 Å². The van der Waals surface area contributed by atoms with E-state index < -0.39 is 10.0 Å². The van der Waals surface area contributed by atoms with Crippen LogP contribution in [-0.4, -0.2) is 26.7 Å². The maximum absolute atomic E-state index is 12.2. The number of rotatable bonds is 8. The second-order valence-corrected chi connectivity index (χ2v) is 8.25. The molecular weight excluding hydrogens is 366 g/mol. The SMILES string of the molecule is C[C@H](CC(=O)NCCCc1ccco1)CC1=NS(=O)(=O)c2ccccc2N1. The van der Waals surface area contributed by atoms with Crippen molar-refractivity contribution in [2.45, 2.75) is 37.5 Å². The van der Waals surface area contributed by atoms with Gasteiger partial charge in [0.1, 0.15) is 16.5 Å². The van der Waals surface area contributed by atoms with Gasteiger partial charge in [-0.2, -0.15) is 8.42 Å². The van der Waals surface area contributed by atoms with Crippen molar-refractivity contribution in [1.29, 1.82) is 0 Å². The van der Waals surface area contributed by atoms with Crippen LogP contribution >= 0.6 is 0 Å². The van der Waals surface area contributed by atoms with Gasteiger partial charge in [-0.15, -0.1) is 4.40 Å². The Kier molecular flexibility index (Phi) is 5.95. The van der Waals surface area contributed by atoms with Crippen LogP contribution in [0.2, 0.25) is 0 Å². The molecule has 2 heterocycles. The molecular formula is C19H23N3O4S. The highest BCUT2D eigenvalue weighted by molar-refractivity contribution is 7.90. The molecule has 27 heavy (non-hydrogen) atoms. The third-order valence-electron chi connectivity index (χ3n) is 4.25. The Morgan fingerprint density at radius 2 is 2.07 bits per heavy atom. The van der Waals surface area contributed by atoms with E-state index in [0.29, 0.717) is 30.9 Å². The lowest BCUT2D eigenvalue weighted by Crippen LogP contribution is -2.28. The summed E-state index contributed by atoms with van der Waals surface area (Å²) in [5.41, 5.74) is 0.525. The summed E-state index contributed by atoms with van der Waals surface area (Å²) >= 11 is 0. The normalized spacial score (nSPS) is 16.0. The van der Waals surface area contributed by atoms with Crippen LogP contribution in [-0.2, 0) is 21.2 Å². The number of nitrogens with one attached hydrogen (secondary N) is 2. The molecule has 0 unspecified atom stereocenters. The number of carbonyl (C=O) groups excluding carboxylic acids is 1. The second kappa shape index (κ2) is 8.39. The minimum atomic E-state index is -3.69. The Morgan fingerprint density at radius 1 is 1.26 bits per heavy atom. The molecule has 0 fully saturated rings. The molecule has 1 aliphatic rings. The van der Waals surface area contributed by atoms with Gasteiger partial charge in [0.25, 0.3) is 10.0 Å². The molecule has 1 aliphatic heterocycles. The standard InChI is InChI=1S/C19H23N3O4S/c1-14(13-19(23)20-10-4-6-15-7-5-11-26-15)12-18-21-16-8-2-3-9-17(16)27(24,25)22-18/h2-3,5,7-9,11,14H,4,6,10,12-13H2,1H3,(H,20,23)(H,21,22)/t14-/m0/s1. The number of sulfonamides is 1. The van der Waals surface area contributed by atoms with Crippen LogP contribution in [0.5, 0.6) is 0 Å². The Labute approximate surface area is 158 Å². The summed E-state index contributed by atoms with van der Waals surface area (Å²) in [5, 5.41) is 5.94. The van der Waals surface area contributed by atoms with Crippen LogP contribution in [0.25, 0.3) is 0 Å². The molecule has 1 atom stereocenters. The molecule has 7 nitrogen and oxygen atoms in total. The van der Waals surface area contributed by atoms with Gasteiger partial charge in [0, 0.05) is 25.8 Å². The van der Waals surface area contributed by atoms with Crippen LogP contribution in [0.3, 0.4) is 0 Å². The Morgan fingerprint density at radius 3 is 2.85 bits per heavy atom. The maximum atomic E-state index is 12.2. The van der Waals surface area contributed by atoms with Crippen LogP contribution < -0.4 is 10.6 Å². The first-order valence-corrected chi connectivity index (χ1v) is 10.4. The van der Waals surface area contributed by atoms with Crippen LogP contribution in [0.4, 0.5) is 5.69 Å². The molecule has 0 spiro atoms. The summed E-state index contributed by atoms with van der Waals surface area (Å²) in [7, 11) is -3.69. The Bertz CT molecular complexity index is 920. The van der Waals surface area contributed by atoms with Crippen LogP contribution in [0.15, 0.2) is 56.4 Å². The molecule has 1 aromatic carbocycles. The Balaban J connectivity index is 1.45. The predicted octanol–water partition coefficient (Wildman–Crippen LogP) is 2.96. The quantitative estimate of drug-likeness (QED) is 0.676. The maximum Gasteiger partial charge on any atom is 0.286 e. The van der Waals surface area contributed by atoms with Gasteiger partial charge in [0.05, 0.1) is 12.0 Å². The largest absolute Gasteiger partial charge is 0.469 e. The van der Waals surface area contributed by atoms with E-state index >= 15 is 0 Å². The van der Waals surface area contributed by atoms with E-state index in [-0.39, 0.29) is 16.7 Å². The molecule has 2 aromatic rings. The van der Waals surface area contributed by atoms with Gasteiger partial charge in [-0.1, -0.05) is 19.1 Å². The van der Waals surface area contributed by atoms with Crippen molar-refractivity contribution in [2.75, 3.05) is 11.9 Å². The van der Waals surface area contributed by atoms with Gasteiger partial charge in [-0.05, 0) is 36.6 Å². The zero-order valence-electron chi connectivity index (χ0n) is 15.1. The van der Waals surface area contributed by atoms with Crippen molar-refractivity contribution in [1.82, 2.24) is 5.32 Å². The number of hydrogen-bond donors (Lipinski definition) is 2. The molecule has 0 bridgehead atoms. The lowest BCUT2D eigenvalue weighted by atomic mass is 10.0. The number of fused-ring (bicyclic) bond motifs is 1. The van der Waals surface area contributed by atoms with E-state index in [1.165, 1.54) is 6.07 Å². The minimum absolute atomic E-state index is 0.0400. The number of nitrogens with zero attached hydrogens (tertiary/aromatic N) is 1. The predicted molar refractivity (Wildman–Crippen MR) is 103 cm³/mol. The van der Waals surface area contributed by atoms with Crippen LogP contribution in [0.1, 0.15) is 31.9 Å². The highest BCUT2D eigenvalue weighted by Crippen LogP contribution is 2.28. The molecule has 3 rings (SSSR count). The summed E-state index contributed by atoms with van der Waals surface area (Å²) in [4.78, 5) is 12.2. The van der Waals surface area contributed by atoms with Crippen molar-refractivity contribution in [3.05, 3.63) is 48.4 Å². The highest BCUT2D eigenvalue weighted by atomic mass is 32.2. The smallest absolute Gasteiger partial charge is 0.286 e. The van der Waals surface area contributed by atoms with E-state index in [0.717, 1.165) is 18.6 Å². The number of hydrogen-bond acceptors (Lipinski definition) is 5. The van der Waals surface area contributed by atoms with Gasteiger partial charge in [-0.25, -0.2) is 0 Å². The van der Waals surface area contributed by atoms with E-state index in [4.69, 9.17) is 4.42 Å². The zero-order valence-corrected chi connectivity index (χ0v) is 16.0. The molecule has 0 radical (unpaired) electrons. The summed E-state index contributed by atoms with van der Waals surface area (Å²) in [6, 6.07) is 10.4. The van der Waals surface area contributed by atoms with Crippen LogP contribution in [0, 0.1) is 5.92 Å². The monoisotopic (exact) mass is 389 g/mol. The number of amidine groups is 1. The molecule has 0 aliphatic carbocycles. The topological polar surface area (TPSA) is 101 Å². The lowest BCUT2D eigenvalue weighted by molar-refractivity contribution is -0.121. The molecule has 0 saturated carbocycles. The molecule has 2 N–H and O–H groups in total. The molecule has 1 amide bonds. The van der Waals surface area contributed by atoms with Crippen molar-refractivity contribution >= 4 is 27.5 Å². The van der Waals surface area contributed by atoms with Gasteiger partial charge < -0.3 is 15.1 Å². The van der Waals surface area contributed by atoms with Gasteiger partial charge in [0.15, 0.2) is 0 Å². The summed E-state index contributed by atoms with van der Waals surface area (Å²) in [6.45, 7) is 2.48. The van der Waals surface area contributed by atoms with E-state index in [1.54, 1.807) is 24.5 Å². The fourth-order valence-corrected chi connectivity index (χ4v) is 4.15. The van der Waals surface area contributed by atoms with E-state index in [2.05, 4.69) is 15.0 Å². The van der Waals surface area contributed by atoms with Crippen molar-refractivity contribution in [2.24, 2.45) is 10.3 Å². The summed E-state index contributed by atoms with van der Waals surface area (Å²) in [5.74, 6) is 1.18. The first-order valence-electron chi connectivity index (χ1n) is 8.93. The van der Waals surface area contributed by atoms with E-state index in [9.17, 15) is 13.2 Å². The first kappa shape index (κ1) is 19.2. The first-order chi connectivity index (χ1) is 12.9. The molecule has 144 valence electrons. The van der Waals surface area contributed by atoms with E-state index in [1.807, 2.05) is 19.1 Å². The number of anilines is 1.